The molecule has 0 spiro atoms. The highest BCUT2D eigenvalue weighted by molar-refractivity contribution is 6.30. The third-order valence-electron chi connectivity index (χ3n) is 2.55. The van der Waals surface area contributed by atoms with E-state index in [0.29, 0.717) is 17.4 Å². The quantitative estimate of drug-likeness (QED) is 0.891. The van der Waals surface area contributed by atoms with Gasteiger partial charge in [-0.25, -0.2) is 0 Å². The number of phenolic OH excluding ortho intramolecular Hbond substituents is 1. The van der Waals surface area contributed by atoms with Crippen LogP contribution >= 0.6 is 11.6 Å². The highest BCUT2D eigenvalue weighted by Gasteiger charge is 2.07. The molecule has 0 heterocycles. The summed E-state index contributed by atoms with van der Waals surface area (Å²) in [6.07, 6.45) is 0. The fraction of sp³-hybridized carbons (Fsp3) is 0.143. The molecule has 0 saturated carbocycles. The van der Waals surface area contributed by atoms with Gasteiger partial charge in [0.2, 0.25) is 0 Å². The minimum Gasteiger partial charge on any atom is -0.508 e. The number of nitrogens with two attached hydrogens (primary N) is 1. The molecule has 94 valence electrons. The predicted octanol–water partition coefficient (Wildman–Crippen LogP) is 3.12. The van der Waals surface area contributed by atoms with Gasteiger partial charge in [0.25, 0.3) is 0 Å². The van der Waals surface area contributed by atoms with Crippen molar-refractivity contribution in [3.63, 3.8) is 0 Å². The van der Waals surface area contributed by atoms with Crippen LogP contribution < -0.4 is 10.5 Å². The lowest BCUT2D eigenvalue weighted by atomic mass is 10.1. The molecule has 3 N–H and O–H groups in total. The van der Waals surface area contributed by atoms with Crippen LogP contribution in [0, 0.1) is 0 Å². The minimum absolute atomic E-state index is 0.224. The van der Waals surface area contributed by atoms with Gasteiger partial charge >= 0.3 is 0 Å². The molecule has 0 saturated heterocycles. The summed E-state index contributed by atoms with van der Waals surface area (Å²) in [6, 6.07) is 13.7. The van der Waals surface area contributed by atoms with E-state index in [2.05, 4.69) is 0 Å². The third kappa shape index (κ3) is 3.39. The first-order chi connectivity index (χ1) is 8.65. The number of halogens is 1. The molecular weight excluding hydrogens is 250 g/mol. The molecule has 0 aliphatic rings. The first kappa shape index (κ1) is 12.7. The Bertz CT molecular complexity index is 513. The Hall–Kier alpha value is -1.71. The predicted molar refractivity (Wildman–Crippen MR) is 72.0 cm³/mol. The third-order valence-corrected chi connectivity index (χ3v) is 2.78. The summed E-state index contributed by atoms with van der Waals surface area (Å²) in [5, 5.41) is 9.82. The molecule has 2 aromatic carbocycles. The lowest BCUT2D eigenvalue weighted by Crippen LogP contribution is -2.18. The highest BCUT2D eigenvalue weighted by Crippen LogP contribution is 2.20. The van der Waals surface area contributed by atoms with Crippen LogP contribution in [0.25, 0.3) is 0 Å². The van der Waals surface area contributed by atoms with Crippen molar-refractivity contribution in [1.82, 2.24) is 0 Å². The van der Waals surface area contributed by atoms with Crippen molar-refractivity contribution in [3.8, 4) is 11.5 Å². The molecule has 0 amide bonds. The van der Waals surface area contributed by atoms with Crippen LogP contribution in [-0.4, -0.2) is 11.7 Å². The van der Waals surface area contributed by atoms with Crippen molar-refractivity contribution in [1.29, 1.82) is 0 Å². The van der Waals surface area contributed by atoms with Crippen molar-refractivity contribution < 1.29 is 9.84 Å². The van der Waals surface area contributed by atoms with E-state index in [1.807, 2.05) is 12.1 Å². The topological polar surface area (TPSA) is 55.5 Å². The Morgan fingerprint density at radius 1 is 1.17 bits per heavy atom. The van der Waals surface area contributed by atoms with Crippen LogP contribution in [0.2, 0.25) is 5.02 Å². The first-order valence-corrected chi connectivity index (χ1v) is 5.96. The van der Waals surface area contributed by atoms with Gasteiger partial charge in [-0.05, 0) is 35.9 Å². The van der Waals surface area contributed by atoms with Crippen molar-refractivity contribution in [3.05, 3.63) is 59.1 Å². The van der Waals surface area contributed by atoms with Crippen LogP contribution in [0.1, 0.15) is 11.6 Å². The number of phenols is 1. The molecular formula is C14H14ClNO2. The lowest BCUT2D eigenvalue weighted by Gasteiger charge is -2.13. The molecule has 0 fully saturated rings. The Balaban J connectivity index is 1.96. The van der Waals surface area contributed by atoms with E-state index in [1.165, 1.54) is 0 Å². The van der Waals surface area contributed by atoms with E-state index in [9.17, 15) is 5.11 Å². The largest absolute Gasteiger partial charge is 0.508 e. The number of hydrogen-bond donors (Lipinski definition) is 2. The van der Waals surface area contributed by atoms with Gasteiger partial charge in [-0.15, -0.1) is 0 Å². The van der Waals surface area contributed by atoms with Crippen molar-refractivity contribution in [2.24, 2.45) is 5.73 Å². The number of benzene rings is 2. The first-order valence-electron chi connectivity index (χ1n) is 5.58. The molecule has 0 bridgehead atoms. The van der Waals surface area contributed by atoms with Crippen LogP contribution in [0.3, 0.4) is 0 Å². The maximum absolute atomic E-state index is 9.19. The van der Waals surface area contributed by atoms with E-state index in [-0.39, 0.29) is 11.8 Å². The van der Waals surface area contributed by atoms with E-state index >= 15 is 0 Å². The van der Waals surface area contributed by atoms with Gasteiger partial charge in [-0.2, -0.15) is 0 Å². The summed E-state index contributed by atoms with van der Waals surface area (Å²) in [6.45, 7) is 0.352. The fourth-order valence-corrected chi connectivity index (χ4v) is 1.74. The zero-order valence-electron chi connectivity index (χ0n) is 9.71. The Morgan fingerprint density at radius 2 is 1.89 bits per heavy atom. The SMILES string of the molecule is NC(COc1cccc(Cl)c1)c1ccc(O)cc1. The summed E-state index contributed by atoms with van der Waals surface area (Å²) in [4.78, 5) is 0. The summed E-state index contributed by atoms with van der Waals surface area (Å²) < 4.78 is 5.56. The number of hydrogen-bond acceptors (Lipinski definition) is 3. The van der Waals surface area contributed by atoms with Crippen molar-refractivity contribution in [2.75, 3.05) is 6.61 Å². The Labute approximate surface area is 111 Å². The van der Waals surface area contributed by atoms with E-state index in [4.69, 9.17) is 22.1 Å². The normalized spacial score (nSPS) is 12.1. The smallest absolute Gasteiger partial charge is 0.120 e. The van der Waals surface area contributed by atoms with Gasteiger partial charge in [-0.3, -0.25) is 0 Å². The molecule has 1 atom stereocenters. The maximum Gasteiger partial charge on any atom is 0.120 e. The second kappa shape index (κ2) is 5.76. The molecule has 0 radical (unpaired) electrons. The molecule has 0 aromatic heterocycles. The number of ether oxygens (including phenoxy) is 1. The number of aromatic hydroxyl groups is 1. The van der Waals surface area contributed by atoms with Crippen LogP contribution in [0.15, 0.2) is 48.5 Å². The van der Waals surface area contributed by atoms with Gasteiger partial charge in [0.15, 0.2) is 0 Å². The van der Waals surface area contributed by atoms with Crippen LogP contribution in [-0.2, 0) is 0 Å². The second-order valence-corrected chi connectivity index (χ2v) is 4.40. The average molecular weight is 264 g/mol. The van der Waals surface area contributed by atoms with Gasteiger partial charge in [0.1, 0.15) is 18.1 Å². The molecule has 2 rings (SSSR count). The molecule has 0 aliphatic heterocycles. The molecule has 1 unspecified atom stereocenters. The van der Waals surface area contributed by atoms with E-state index in [0.717, 1.165) is 5.56 Å². The average Bonchev–Trinajstić information content (AvgIpc) is 2.37. The second-order valence-electron chi connectivity index (χ2n) is 3.97. The molecule has 0 aliphatic carbocycles. The van der Waals surface area contributed by atoms with E-state index in [1.54, 1.807) is 36.4 Å². The number of rotatable bonds is 4. The molecule has 18 heavy (non-hydrogen) atoms. The zero-order chi connectivity index (χ0) is 13.0. The molecule has 2 aromatic rings. The highest BCUT2D eigenvalue weighted by atomic mass is 35.5. The van der Waals surface area contributed by atoms with Gasteiger partial charge in [0, 0.05) is 5.02 Å². The zero-order valence-corrected chi connectivity index (χ0v) is 10.5. The summed E-state index contributed by atoms with van der Waals surface area (Å²) in [7, 11) is 0. The standard InChI is InChI=1S/C14H14ClNO2/c15-11-2-1-3-13(8-11)18-9-14(16)10-4-6-12(17)7-5-10/h1-8,14,17H,9,16H2. The van der Waals surface area contributed by atoms with Crippen LogP contribution in [0.5, 0.6) is 11.5 Å². The summed E-state index contributed by atoms with van der Waals surface area (Å²) in [5.41, 5.74) is 6.90. The molecule has 3 nitrogen and oxygen atoms in total. The lowest BCUT2D eigenvalue weighted by molar-refractivity contribution is 0.290. The Morgan fingerprint density at radius 3 is 2.56 bits per heavy atom. The van der Waals surface area contributed by atoms with Crippen molar-refractivity contribution in [2.45, 2.75) is 6.04 Å². The summed E-state index contributed by atoms with van der Waals surface area (Å²) >= 11 is 5.86. The van der Waals surface area contributed by atoms with E-state index < -0.39 is 0 Å². The molecule has 4 heteroatoms. The van der Waals surface area contributed by atoms with Gasteiger partial charge < -0.3 is 15.6 Å². The van der Waals surface area contributed by atoms with Crippen LogP contribution in [0.4, 0.5) is 0 Å². The minimum atomic E-state index is -0.246. The fourth-order valence-electron chi connectivity index (χ4n) is 1.56. The Kier molecular flexibility index (Phi) is 4.07. The monoisotopic (exact) mass is 263 g/mol. The summed E-state index contributed by atoms with van der Waals surface area (Å²) in [5.74, 6) is 0.915. The maximum atomic E-state index is 9.19. The van der Waals surface area contributed by atoms with Gasteiger partial charge in [0.05, 0.1) is 6.04 Å². The van der Waals surface area contributed by atoms with Crippen molar-refractivity contribution >= 4 is 11.6 Å². The van der Waals surface area contributed by atoms with Gasteiger partial charge in [-0.1, -0.05) is 29.8 Å².